The van der Waals surface area contributed by atoms with Gasteiger partial charge < -0.3 is 10.7 Å². The molecule has 0 aliphatic rings. The van der Waals surface area contributed by atoms with E-state index in [1.807, 2.05) is 24.3 Å². The number of imidazole rings is 1. The topological polar surface area (TPSA) is 80.5 Å². The van der Waals surface area contributed by atoms with Crippen molar-refractivity contribution in [2.75, 3.05) is 5.73 Å². The number of nitrogens with one attached hydrogen (secondary N) is 1. The molecule has 0 aliphatic carbocycles. The first-order valence-corrected chi connectivity index (χ1v) is 6.04. The largest absolute Gasteiger partial charge is 0.382 e. The number of nitrogen functional groups attached to an aromatic ring is 1. The van der Waals surface area contributed by atoms with Gasteiger partial charge in [-0.2, -0.15) is 0 Å². The highest BCUT2D eigenvalue weighted by atomic mass is 127. The molecule has 3 aromatic rings. The van der Waals surface area contributed by atoms with Crippen LogP contribution in [0.1, 0.15) is 0 Å². The molecule has 84 valence electrons. The molecule has 2 aromatic heterocycles. The lowest BCUT2D eigenvalue weighted by molar-refractivity contribution is 1.21. The summed E-state index contributed by atoms with van der Waals surface area (Å²) in [6, 6.07) is 8.05. The average Bonchev–Trinajstić information content (AvgIpc) is 2.74. The van der Waals surface area contributed by atoms with Crippen molar-refractivity contribution >= 4 is 39.6 Å². The number of aromatic nitrogens is 4. The van der Waals surface area contributed by atoms with Gasteiger partial charge in [-0.15, -0.1) is 0 Å². The summed E-state index contributed by atoms with van der Waals surface area (Å²) in [7, 11) is 0. The number of hydrogen-bond acceptors (Lipinski definition) is 4. The van der Waals surface area contributed by atoms with E-state index in [9.17, 15) is 0 Å². The maximum absolute atomic E-state index is 5.75. The van der Waals surface area contributed by atoms with Gasteiger partial charge >= 0.3 is 0 Å². The zero-order valence-electron chi connectivity index (χ0n) is 8.68. The van der Waals surface area contributed by atoms with Crippen LogP contribution in [-0.4, -0.2) is 19.9 Å². The summed E-state index contributed by atoms with van der Waals surface area (Å²) in [5, 5.41) is 0. The van der Waals surface area contributed by atoms with Gasteiger partial charge in [0.1, 0.15) is 17.7 Å². The second kappa shape index (κ2) is 3.95. The van der Waals surface area contributed by atoms with Crippen molar-refractivity contribution in [1.82, 2.24) is 19.9 Å². The summed E-state index contributed by atoms with van der Waals surface area (Å²) in [4.78, 5) is 15.5. The van der Waals surface area contributed by atoms with Crippen molar-refractivity contribution in [3.8, 4) is 11.4 Å². The van der Waals surface area contributed by atoms with Crippen molar-refractivity contribution in [1.29, 1.82) is 0 Å². The van der Waals surface area contributed by atoms with Gasteiger partial charge in [0.2, 0.25) is 0 Å². The number of nitrogens with zero attached hydrogens (tertiary/aromatic N) is 3. The van der Waals surface area contributed by atoms with Crippen LogP contribution in [0.4, 0.5) is 5.82 Å². The molecule has 0 saturated heterocycles. The number of rotatable bonds is 1. The van der Waals surface area contributed by atoms with E-state index in [4.69, 9.17) is 5.73 Å². The minimum atomic E-state index is 0.416. The van der Waals surface area contributed by atoms with Crippen molar-refractivity contribution in [3.05, 3.63) is 34.2 Å². The van der Waals surface area contributed by atoms with Crippen molar-refractivity contribution < 1.29 is 0 Å². The second-order valence-electron chi connectivity index (χ2n) is 3.55. The minimum absolute atomic E-state index is 0.416. The second-order valence-corrected chi connectivity index (χ2v) is 4.80. The van der Waals surface area contributed by atoms with Gasteiger partial charge in [-0.3, -0.25) is 0 Å². The van der Waals surface area contributed by atoms with Gasteiger partial charge in [0, 0.05) is 9.13 Å². The molecule has 0 aliphatic heterocycles. The number of fused-ring (bicyclic) bond motifs is 1. The quantitative estimate of drug-likeness (QED) is 0.667. The maximum Gasteiger partial charge on any atom is 0.183 e. The highest BCUT2D eigenvalue weighted by molar-refractivity contribution is 14.1. The number of H-pyrrole nitrogens is 1. The van der Waals surface area contributed by atoms with E-state index >= 15 is 0 Å². The third-order valence-corrected chi connectivity index (χ3v) is 3.09. The Balaban J connectivity index is 2.22. The molecule has 0 saturated carbocycles. The predicted molar refractivity (Wildman–Crippen MR) is 74.2 cm³/mol. The molecule has 0 amide bonds. The molecular weight excluding hydrogens is 329 g/mol. The molecule has 5 nitrogen and oxygen atoms in total. The lowest BCUT2D eigenvalue weighted by atomic mass is 10.2. The van der Waals surface area contributed by atoms with Crippen LogP contribution in [0.3, 0.4) is 0 Å². The third-order valence-electron chi connectivity index (χ3n) is 2.42. The summed E-state index contributed by atoms with van der Waals surface area (Å²) < 4.78 is 1.15. The van der Waals surface area contributed by atoms with E-state index in [1.165, 1.54) is 6.33 Å². The number of aromatic amines is 1. The predicted octanol–water partition coefficient (Wildman–Crippen LogP) is 2.21. The van der Waals surface area contributed by atoms with Crippen LogP contribution in [0, 0.1) is 3.57 Å². The van der Waals surface area contributed by atoms with Crippen LogP contribution in [-0.2, 0) is 0 Å². The molecule has 3 N–H and O–H groups in total. The van der Waals surface area contributed by atoms with Gasteiger partial charge in [0.15, 0.2) is 11.5 Å². The van der Waals surface area contributed by atoms with Crippen LogP contribution < -0.4 is 5.73 Å². The summed E-state index contributed by atoms with van der Waals surface area (Å²) in [6.45, 7) is 0. The van der Waals surface area contributed by atoms with Crippen LogP contribution in [0.15, 0.2) is 30.6 Å². The standard InChI is InChI=1S/C11H8IN5/c12-7-3-1-2-6(4-7)10-16-8-9(13)14-5-15-11(8)17-10/h1-5H,(H3,13,14,15,16,17). The molecule has 0 fully saturated rings. The summed E-state index contributed by atoms with van der Waals surface area (Å²) in [5.74, 6) is 1.17. The fourth-order valence-electron chi connectivity index (χ4n) is 1.62. The van der Waals surface area contributed by atoms with Crippen molar-refractivity contribution in [2.24, 2.45) is 0 Å². The Kier molecular flexibility index (Phi) is 2.43. The molecule has 0 spiro atoms. The molecule has 1 aromatic carbocycles. The Hall–Kier alpha value is -1.70. The Morgan fingerprint density at radius 3 is 2.88 bits per heavy atom. The fraction of sp³-hybridized carbons (Fsp3) is 0. The third kappa shape index (κ3) is 1.84. The Morgan fingerprint density at radius 2 is 2.12 bits per heavy atom. The van der Waals surface area contributed by atoms with E-state index in [0.29, 0.717) is 17.0 Å². The van der Waals surface area contributed by atoms with E-state index in [2.05, 4.69) is 42.5 Å². The van der Waals surface area contributed by atoms with Gasteiger partial charge in [-0.05, 0) is 34.7 Å². The number of hydrogen-bond donors (Lipinski definition) is 2. The van der Waals surface area contributed by atoms with Gasteiger partial charge in [-0.25, -0.2) is 15.0 Å². The van der Waals surface area contributed by atoms with Crippen LogP contribution in [0.2, 0.25) is 0 Å². The first-order valence-electron chi connectivity index (χ1n) is 4.96. The fourth-order valence-corrected chi connectivity index (χ4v) is 2.16. The number of halogens is 1. The van der Waals surface area contributed by atoms with E-state index in [1.54, 1.807) is 0 Å². The molecular formula is C11H8IN5. The molecule has 6 heteroatoms. The Labute approximate surface area is 111 Å². The molecule has 0 radical (unpaired) electrons. The number of nitrogens with two attached hydrogens (primary N) is 1. The van der Waals surface area contributed by atoms with Crippen molar-refractivity contribution in [2.45, 2.75) is 0 Å². The van der Waals surface area contributed by atoms with Crippen molar-refractivity contribution in [3.63, 3.8) is 0 Å². The maximum atomic E-state index is 5.75. The lowest BCUT2D eigenvalue weighted by Crippen LogP contribution is -1.91. The first kappa shape index (κ1) is 10.5. The lowest BCUT2D eigenvalue weighted by Gasteiger charge is -1.96. The van der Waals surface area contributed by atoms with E-state index in [0.717, 1.165) is 15.0 Å². The zero-order valence-corrected chi connectivity index (χ0v) is 10.8. The smallest absolute Gasteiger partial charge is 0.183 e. The Bertz CT molecular complexity index is 691. The summed E-state index contributed by atoms with van der Waals surface area (Å²) in [6.07, 6.45) is 1.41. The zero-order chi connectivity index (χ0) is 11.8. The Morgan fingerprint density at radius 1 is 1.24 bits per heavy atom. The molecule has 0 bridgehead atoms. The summed E-state index contributed by atoms with van der Waals surface area (Å²) >= 11 is 2.26. The number of benzene rings is 1. The average molecular weight is 337 g/mol. The monoisotopic (exact) mass is 337 g/mol. The van der Waals surface area contributed by atoms with Crippen LogP contribution >= 0.6 is 22.6 Å². The molecule has 2 heterocycles. The normalized spacial score (nSPS) is 10.9. The first-order chi connectivity index (χ1) is 8.24. The highest BCUT2D eigenvalue weighted by Crippen LogP contribution is 2.22. The number of anilines is 1. The summed E-state index contributed by atoms with van der Waals surface area (Å²) in [5.41, 5.74) is 8.03. The molecule has 0 unspecified atom stereocenters. The molecule has 3 rings (SSSR count). The van der Waals surface area contributed by atoms with Gasteiger partial charge in [-0.1, -0.05) is 12.1 Å². The van der Waals surface area contributed by atoms with Crippen LogP contribution in [0.5, 0.6) is 0 Å². The molecule has 0 atom stereocenters. The molecule has 17 heavy (non-hydrogen) atoms. The van der Waals surface area contributed by atoms with E-state index < -0.39 is 0 Å². The SMILES string of the molecule is Nc1ncnc2nc(-c3cccc(I)c3)[nH]c12. The minimum Gasteiger partial charge on any atom is -0.382 e. The van der Waals surface area contributed by atoms with E-state index in [-0.39, 0.29) is 0 Å². The van der Waals surface area contributed by atoms with Gasteiger partial charge in [0.05, 0.1) is 0 Å². The highest BCUT2D eigenvalue weighted by Gasteiger charge is 2.08. The van der Waals surface area contributed by atoms with Gasteiger partial charge in [0.25, 0.3) is 0 Å². The van der Waals surface area contributed by atoms with Crippen LogP contribution in [0.25, 0.3) is 22.6 Å².